The van der Waals surface area contributed by atoms with E-state index in [1.807, 2.05) is 44.2 Å². The molecule has 4 N–H and O–H groups in total. The molecule has 1 aromatic rings. The van der Waals surface area contributed by atoms with Gasteiger partial charge in [-0.15, -0.1) is 0 Å². The van der Waals surface area contributed by atoms with E-state index >= 15 is 0 Å². The number of rotatable bonds is 5. The summed E-state index contributed by atoms with van der Waals surface area (Å²) in [7, 11) is 0. The van der Waals surface area contributed by atoms with Crippen LogP contribution in [0.5, 0.6) is 0 Å². The van der Waals surface area contributed by atoms with E-state index in [2.05, 4.69) is 0 Å². The average Bonchev–Trinajstić information content (AvgIpc) is 2.90. The number of fused-ring (bicyclic) bond motifs is 5. The minimum Gasteiger partial charge on any atom is -0.458 e. The molecule has 1 aliphatic heterocycles. The molecule has 2 saturated carbocycles. The molecule has 3 fully saturated rings. The van der Waals surface area contributed by atoms with Crippen molar-refractivity contribution in [2.75, 3.05) is 6.61 Å². The molecule has 238 valence electrons. The van der Waals surface area contributed by atoms with Crippen molar-refractivity contribution in [2.24, 2.45) is 16.7 Å². The van der Waals surface area contributed by atoms with E-state index in [1.165, 1.54) is 13.8 Å². The fraction of sp³-hybridized carbons (Fsp3) is 0.697. The lowest BCUT2D eigenvalue weighted by Crippen LogP contribution is -2.82. The molecular formula is C33H46O10. The second-order valence-corrected chi connectivity index (χ2v) is 14.2. The van der Waals surface area contributed by atoms with Crippen molar-refractivity contribution in [2.45, 2.75) is 122 Å². The Bertz CT molecular complexity index is 1310. The molecule has 5 rings (SSSR count). The highest BCUT2D eigenvalue weighted by atomic mass is 16.6. The molecule has 0 unspecified atom stereocenters. The van der Waals surface area contributed by atoms with Gasteiger partial charge in [0.15, 0.2) is 5.60 Å². The van der Waals surface area contributed by atoms with Crippen LogP contribution < -0.4 is 0 Å². The minimum absolute atomic E-state index is 0.0716. The topological polar surface area (TPSA) is 152 Å². The van der Waals surface area contributed by atoms with E-state index in [4.69, 9.17) is 18.9 Å². The second kappa shape index (κ2) is 10.4. The normalized spacial score (nSPS) is 42.0. The Morgan fingerprint density at radius 3 is 2.16 bits per heavy atom. The number of aliphatic hydroxyl groups excluding tert-OH is 3. The molecule has 1 heterocycles. The maximum Gasteiger partial charge on any atom is 0.303 e. The summed E-state index contributed by atoms with van der Waals surface area (Å²) >= 11 is 0. The molecule has 43 heavy (non-hydrogen) atoms. The van der Waals surface area contributed by atoms with Crippen LogP contribution in [0.4, 0.5) is 0 Å². The predicted octanol–water partition coefficient (Wildman–Crippen LogP) is 2.54. The number of hydrogen-bond acceptors (Lipinski definition) is 10. The van der Waals surface area contributed by atoms with Gasteiger partial charge in [-0.3, -0.25) is 9.59 Å². The van der Waals surface area contributed by atoms with Gasteiger partial charge in [-0.05, 0) is 37.5 Å². The maximum absolute atomic E-state index is 12.6. The van der Waals surface area contributed by atoms with Crippen molar-refractivity contribution < 1.29 is 49.0 Å². The van der Waals surface area contributed by atoms with Gasteiger partial charge >= 0.3 is 11.9 Å². The van der Waals surface area contributed by atoms with Gasteiger partial charge in [0.2, 0.25) is 0 Å². The molecule has 1 saturated heterocycles. The smallest absolute Gasteiger partial charge is 0.303 e. The monoisotopic (exact) mass is 602 g/mol. The van der Waals surface area contributed by atoms with E-state index < -0.39 is 82.1 Å². The van der Waals surface area contributed by atoms with Crippen LogP contribution in [0, 0.1) is 16.7 Å². The van der Waals surface area contributed by atoms with Gasteiger partial charge in [0.05, 0.1) is 30.5 Å². The van der Waals surface area contributed by atoms with E-state index in [0.717, 1.165) is 5.56 Å². The van der Waals surface area contributed by atoms with Crippen LogP contribution in [0.25, 0.3) is 0 Å². The first-order chi connectivity index (χ1) is 19.8. The maximum atomic E-state index is 12.6. The Hall–Kier alpha value is -2.34. The fourth-order valence-corrected chi connectivity index (χ4v) is 8.73. The highest BCUT2D eigenvalue weighted by Crippen LogP contribution is 2.65. The standard InChI is InChI=1S/C33H46O10/c1-17-21(41-18(2)34)15-33(39)28(38)26-31(8,27(37)25(36)24(17)29(33,4)5)22(14-23-32(26,16-40-23)42-19(3)35)43-30(6,7)20-12-10-9-11-13-20/h9-13,21-23,25-28,36-39H,14-16H2,1-8H3/t21-,22-,23+,25+,26-,27-,28-,31+,32-,33+/m0/s1. The van der Waals surface area contributed by atoms with Gasteiger partial charge in [0.1, 0.15) is 23.9 Å². The lowest BCUT2D eigenvalue weighted by molar-refractivity contribution is -0.374. The molecule has 10 heteroatoms. The summed E-state index contributed by atoms with van der Waals surface area (Å²) in [6.07, 6.45) is -7.19. The van der Waals surface area contributed by atoms with Gasteiger partial charge in [-0.25, -0.2) is 0 Å². The first-order valence-corrected chi connectivity index (χ1v) is 15.0. The van der Waals surface area contributed by atoms with Gasteiger partial charge in [-0.1, -0.05) is 51.1 Å². The molecule has 0 amide bonds. The summed E-state index contributed by atoms with van der Waals surface area (Å²) in [4.78, 5) is 24.7. The minimum atomic E-state index is -1.99. The third-order valence-corrected chi connectivity index (χ3v) is 11.1. The van der Waals surface area contributed by atoms with Crippen molar-refractivity contribution in [1.82, 2.24) is 0 Å². The van der Waals surface area contributed by atoms with Crippen LogP contribution >= 0.6 is 0 Å². The molecule has 10 atom stereocenters. The summed E-state index contributed by atoms with van der Waals surface area (Å²) in [6.45, 7) is 13.1. The zero-order valence-corrected chi connectivity index (χ0v) is 26.3. The summed E-state index contributed by atoms with van der Waals surface area (Å²) in [5.41, 5.74) is -5.37. The highest BCUT2D eigenvalue weighted by Gasteiger charge is 2.77. The van der Waals surface area contributed by atoms with Crippen LogP contribution in [0.2, 0.25) is 0 Å². The van der Waals surface area contributed by atoms with Gasteiger partial charge in [0, 0.05) is 43.4 Å². The molecule has 4 aliphatic rings. The Balaban J connectivity index is 1.74. The molecular weight excluding hydrogens is 556 g/mol. The lowest BCUT2D eigenvalue weighted by Gasteiger charge is -2.69. The number of ether oxygens (including phenoxy) is 4. The van der Waals surface area contributed by atoms with Crippen LogP contribution in [0.3, 0.4) is 0 Å². The van der Waals surface area contributed by atoms with Gasteiger partial charge in [0.25, 0.3) is 0 Å². The number of benzene rings is 1. The predicted molar refractivity (Wildman–Crippen MR) is 154 cm³/mol. The molecule has 0 spiro atoms. The van der Waals surface area contributed by atoms with Gasteiger partial charge in [-0.2, -0.15) is 0 Å². The van der Waals surface area contributed by atoms with Crippen molar-refractivity contribution in [3.63, 3.8) is 0 Å². The summed E-state index contributed by atoms with van der Waals surface area (Å²) in [6, 6.07) is 9.57. The Kier molecular flexibility index (Phi) is 7.72. The first-order valence-electron chi connectivity index (χ1n) is 15.0. The first kappa shape index (κ1) is 32.1. The average molecular weight is 603 g/mol. The number of carbonyl (C=O) groups is 2. The van der Waals surface area contributed by atoms with E-state index in [9.17, 15) is 30.0 Å². The zero-order chi connectivity index (χ0) is 31.9. The largest absolute Gasteiger partial charge is 0.458 e. The van der Waals surface area contributed by atoms with Crippen LogP contribution in [-0.4, -0.2) is 86.8 Å². The van der Waals surface area contributed by atoms with Crippen LogP contribution in [-0.2, 0) is 34.1 Å². The second-order valence-electron chi connectivity index (χ2n) is 14.2. The van der Waals surface area contributed by atoms with E-state index in [-0.39, 0.29) is 25.0 Å². The number of carbonyl (C=O) groups excluding carboxylic acids is 2. The quantitative estimate of drug-likeness (QED) is 0.292. The molecule has 3 aliphatic carbocycles. The Morgan fingerprint density at radius 2 is 1.63 bits per heavy atom. The van der Waals surface area contributed by atoms with Crippen LogP contribution in [0.15, 0.2) is 41.5 Å². The van der Waals surface area contributed by atoms with Crippen molar-refractivity contribution in [3.8, 4) is 0 Å². The van der Waals surface area contributed by atoms with Gasteiger partial charge < -0.3 is 39.4 Å². The third-order valence-electron chi connectivity index (χ3n) is 11.1. The zero-order valence-electron chi connectivity index (χ0n) is 26.3. The Morgan fingerprint density at radius 1 is 1.00 bits per heavy atom. The number of esters is 2. The molecule has 0 radical (unpaired) electrons. The third kappa shape index (κ3) is 4.51. The molecule has 0 aromatic heterocycles. The molecule has 10 nitrogen and oxygen atoms in total. The summed E-state index contributed by atoms with van der Waals surface area (Å²) < 4.78 is 24.4. The summed E-state index contributed by atoms with van der Waals surface area (Å²) in [5.74, 6) is -2.34. The molecule has 1 aromatic carbocycles. The SMILES string of the molecule is CC(=O)O[C@H]1C[C@@]2(O)[C@@H](O)[C@@H]3[C@]4(OC(C)=O)CO[C@@H]4C[C@H](OC(C)(C)c4ccccc4)[C@@]3(C)[C@@H](O)[C@H](O)C(=C1C)C2(C)C. The Labute approximate surface area is 253 Å². The van der Waals surface area contributed by atoms with Crippen LogP contribution in [0.1, 0.15) is 73.8 Å². The van der Waals surface area contributed by atoms with Crippen molar-refractivity contribution >= 4 is 11.9 Å². The van der Waals surface area contributed by atoms with E-state index in [0.29, 0.717) is 5.57 Å². The highest BCUT2D eigenvalue weighted by molar-refractivity contribution is 5.67. The fourth-order valence-electron chi connectivity index (χ4n) is 8.73. The number of hydrogen-bond donors (Lipinski definition) is 4. The number of aliphatic hydroxyl groups is 4. The van der Waals surface area contributed by atoms with Crippen molar-refractivity contribution in [1.29, 1.82) is 0 Å². The lowest BCUT2D eigenvalue weighted by atomic mass is 9.44. The summed E-state index contributed by atoms with van der Waals surface area (Å²) in [5, 5.41) is 49.6. The van der Waals surface area contributed by atoms with Crippen molar-refractivity contribution in [3.05, 3.63) is 47.0 Å². The van der Waals surface area contributed by atoms with E-state index in [1.54, 1.807) is 27.7 Å². The molecule has 2 bridgehead atoms.